The first-order valence-corrected chi connectivity index (χ1v) is 5.31. The number of aliphatic hydroxyl groups is 1. The number of hydrogen-bond donors (Lipinski definition) is 1. The van der Waals surface area contributed by atoms with Gasteiger partial charge in [0.05, 0.1) is 20.3 Å². The molecule has 1 aromatic heterocycles. The molecule has 0 aliphatic heterocycles. The average molecular weight is 235 g/mol. The van der Waals surface area contributed by atoms with E-state index in [0.29, 0.717) is 12.1 Å². The predicted molar refractivity (Wildman–Crippen MR) is 62.4 cm³/mol. The zero-order valence-corrected chi connectivity index (χ0v) is 9.56. The maximum atomic E-state index is 13.9. The van der Waals surface area contributed by atoms with Crippen molar-refractivity contribution in [2.24, 2.45) is 0 Å². The molecule has 0 aliphatic carbocycles. The molecule has 1 heterocycles. The molecule has 0 atom stereocenters. The molecule has 2 aromatic rings. The van der Waals surface area contributed by atoms with E-state index in [4.69, 9.17) is 9.84 Å². The van der Waals surface area contributed by atoms with Gasteiger partial charge in [-0.05, 0) is 17.7 Å². The molecule has 1 aromatic carbocycles. The van der Waals surface area contributed by atoms with E-state index >= 15 is 0 Å². The Hall–Kier alpha value is -1.81. The van der Waals surface area contributed by atoms with Gasteiger partial charge in [-0.25, -0.2) is 4.39 Å². The van der Waals surface area contributed by atoms with Crippen molar-refractivity contribution >= 4 is 0 Å². The highest BCUT2D eigenvalue weighted by molar-refractivity contribution is 5.31. The minimum Gasteiger partial charge on any atom is -0.494 e. The number of rotatable bonds is 4. The number of nitrogens with zero attached hydrogens (tertiary/aromatic N) is 1. The largest absolute Gasteiger partial charge is 0.494 e. The minimum atomic E-state index is -0.339. The Labute approximate surface area is 99.1 Å². The van der Waals surface area contributed by atoms with Gasteiger partial charge in [-0.1, -0.05) is 12.1 Å². The lowest BCUT2D eigenvalue weighted by molar-refractivity contribution is 0.281. The first kappa shape index (κ1) is 11.7. The summed E-state index contributed by atoms with van der Waals surface area (Å²) in [5.41, 5.74) is 1.37. The van der Waals surface area contributed by atoms with Gasteiger partial charge in [-0.3, -0.25) is 0 Å². The van der Waals surface area contributed by atoms with E-state index in [9.17, 15) is 4.39 Å². The highest BCUT2D eigenvalue weighted by Gasteiger charge is 2.08. The quantitative estimate of drug-likeness (QED) is 0.881. The summed E-state index contributed by atoms with van der Waals surface area (Å²) in [4.78, 5) is 0. The van der Waals surface area contributed by atoms with Crippen LogP contribution in [0.5, 0.6) is 5.75 Å². The molecule has 0 unspecified atom stereocenters. The normalized spacial score (nSPS) is 10.5. The number of halogens is 1. The second-order valence-corrected chi connectivity index (χ2v) is 3.78. The molecule has 0 fully saturated rings. The summed E-state index contributed by atoms with van der Waals surface area (Å²) in [6, 6.07) is 6.87. The Morgan fingerprint density at radius 1 is 1.35 bits per heavy atom. The molecule has 17 heavy (non-hydrogen) atoms. The van der Waals surface area contributed by atoms with E-state index in [1.165, 1.54) is 7.11 Å². The Morgan fingerprint density at radius 3 is 2.82 bits per heavy atom. The van der Waals surface area contributed by atoms with Crippen LogP contribution in [-0.2, 0) is 13.2 Å². The summed E-state index contributed by atoms with van der Waals surface area (Å²) in [6.07, 6.45) is 3.60. The molecular weight excluding hydrogens is 221 g/mol. The molecule has 0 saturated heterocycles. The standard InChI is InChI=1S/C13H14FNO2/c1-17-12-4-2-3-11(13(12)14)8-15-6-5-10(7-15)9-16/h2-7,16H,8-9H2,1H3. The van der Waals surface area contributed by atoms with Crippen LogP contribution in [0.25, 0.3) is 0 Å². The van der Waals surface area contributed by atoms with E-state index in [0.717, 1.165) is 5.56 Å². The number of ether oxygens (including phenoxy) is 1. The van der Waals surface area contributed by atoms with Gasteiger partial charge in [0.15, 0.2) is 11.6 Å². The Balaban J connectivity index is 2.23. The topological polar surface area (TPSA) is 34.4 Å². The third-order valence-corrected chi connectivity index (χ3v) is 2.61. The number of benzene rings is 1. The zero-order chi connectivity index (χ0) is 12.3. The third-order valence-electron chi connectivity index (χ3n) is 2.61. The molecule has 0 amide bonds. The lowest BCUT2D eigenvalue weighted by atomic mass is 10.2. The molecule has 2 rings (SSSR count). The minimum absolute atomic E-state index is 0.00636. The van der Waals surface area contributed by atoms with Crippen LogP contribution in [0.15, 0.2) is 36.7 Å². The van der Waals surface area contributed by atoms with Crippen LogP contribution in [0.3, 0.4) is 0 Å². The number of methoxy groups -OCH3 is 1. The van der Waals surface area contributed by atoms with Crippen molar-refractivity contribution < 1.29 is 14.2 Å². The van der Waals surface area contributed by atoms with Gasteiger partial charge in [0, 0.05) is 18.0 Å². The van der Waals surface area contributed by atoms with E-state index in [-0.39, 0.29) is 18.2 Å². The van der Waals surface area contributed by atoms with E-state index < -0.39 is 0 Å². The van der Waals surface area contributed by atoms with Crippen LogP contribution in [0, 0.1) is 5.82 Å². The number of aliphatic hydroxyl groups excluding tert-OH is 1. The van der Waals surface area contributed by atoms with Crippen molar-refractivity contribution in [2.75, 3.05) is 7.11 Å². The van der Waals surface area contributed by atoms with Gasteiger partial charge in [-0.2, -0.15) is 0 Å². The van der Waals surface area contributed by atoms with Gasteiger partial charge >= 0.3 is 0 Å². The molecule has 0 spiro atoms. The van der Waals surface area contributed by atoms with Gasteiger partial charge in [-0.15, -0.1) is 0 Å². The summed E-state index contributed by atoms with van der Waals surface area (Å²) < 4.78 is 20.6. The van der Waals surface area contributed by atoms with Crippen molar-refractivity contribution in [3.8, 4) is 5.75 Å². The van der Waals surface area contributed by atoms with Crippen LogP contribution in [-0.4, -0.2) is 16.8 Å². The molecule has 90 valence electrons. The first-order valence-electron chi connectivity index (χ1n) is 5.31. The van der Waals surface area contributed by atoms with Crippen LogP contribution in [0.1, 0.15) is 11.1 Å². The second-order valence-electron chi connectivity index (χ2n) is 3.78. The van der Waals surface area contributed by atoms with E-state index in [2.05, 4.69) is 0 Å². The molecule has 1 N–H and O–H groups in total. The van der Waals surface area contributed by atoms with Crippen LogP contribution < -0.4 is 4.74 Å². The molecule has 0 bridgehead atoms. The SMILES string of the molecule is COc1cccc(Cn2ccc(CO)c2)c1F. The monoisotopic (exact) mass is 235 g/mol. The maximum absolute atomic E-state index is 13.9. The van der Waals surface area contributed by atoms with E-state index in [1.54, 1.807) is 30.5 Å². The highest BCUT2D eigenvalue weighted by Crippen LogP contribution is 2.20. The summed E-state index contributed by atoms with van der Waals surface area (Å²) in [5, 5.41) is 8.95. The van der Waals surface area contributed by atoms with Gasteiger partial charge in [0.2, 0.25) is 0 Å². The second kappa shape index (κ2) is 5.01. The fourth-order valence-electron chi connectivity index (χ4n) is 1.72. The summed E-state index contributed by atoms with van der Waals surface area (Å²) in [5.74, 6) is -0.0914. The zero-order valence-electron chi connectivity index (χ0n) is 9.56. The fraction of sp³-hybridized carbons (Fsp3) is 0.231. The van der Waals surface area contributed by atoms with Crippen LogP contribution in [0.4, 0.5) is 4.39 Å². The highest BCUT2D eigenvalue weighted by atomic mass is 19.1. The summed E-state index contributed by atoms with van der Waals surface area (Å²) in [6.45, 7) is 0.413. The average Bonchev–Trinajstić information content (AvgIpc) is 2.79. The van der Waals surface area contributed by atoms with Gasteiger partial charge < -0.3 is 14.4 Å². The van der Waals surface area contributed by atoms with Crippen molar-refractivity contribution in [2.45, 2.75) is 13.2 Å². The smallest absolute Gasteiger partial charge is 0.170 e. The lowest BCUT2D eigenvalue weighted by Gasteiger charge is -2.08. The number of hydrogen-bond acceptors (Lipinski definition) is 2. The van der Waals surface area contributed by atoms with Crippen molar-refractivity contribution in [3.05, 3.63) is 53.6 Å². The van der Waals surface area contributed by atoms with E-state index in [1.807, 2.05) is 10.8 Å². The number of aromatic nitrogens is 1. The maximum Gasteiger partial charge on any atom is 0.170 e. The van der Waals surface area contributed by atoms with Crippen molar-refractivity contribution in [1.29, 1.82) is 0 Å². The van der Waals surface area contributed by atoms with Crippen molar-refractivity contribution in [1.82, 2.24) is 4.57 Å². The summed E-state index contributed by atoms with van der Waals surface area (Å²) in [7, 11) is 1.45. The fourth-order valence-corrected chi connectivity index (χ4v) is 1.72. The molecule has 0 saturated carbocycles. The summed E-state index contributed by atoms with van der Waals surface area (Å²) >= 11 is 0. The lowest BCUT2D eigenvalue weighted by Crippen LogP contribution is -2.01. The van der Waals surface area contributed by atoms with Crippen molar-refractivity contribution in [3.63, 3.8) is 0 Å². The Bertz CT molecular complexity index is 508. The third kappa shape index (κ3) is 2.47. The molecule has 3 nitrogen and oxygen atoms in total. The molecular formula is C13H14FNO2. The van der Waals surface area contributed by atoms with Crippen LogP contribution >= 0.6 is 0 Å². The Morgan fingerprint density at radius 2 is 2.18 bits per heavy atom. The van der Waals surface area contributed by atoms with Gasteiger partial charge in [0.1, 0.15) is 0 Å². The molecule has 0 radical (unpaired) electrons. The predicted octanol–water partition coefficient (Wildman–Crippen LogP) is 2.18. The Kier molecular flexibility index (Phi) is 3.44. The first-order chi connectivity index (χ1) is 8.24. The molecule has 4 heteroatoms. The van der Waals surface area contributed by atoms with Gasteiger partial charge in [0.25, 0.3) is 0 Å². The van der Waals surface area contributed by atoms with Crippen LogP contribution in [0.2, 0.25) is 0 Å². The molecule has 0 aliphatic rings.